The largest absolute Gasteiger partial charge is 0.386 e. The van der Waals surface area contributed by atoms with Gasteiger partial charge in [0.2, 0.25) is 0 Å². The van der Waals surface area contributed by atoms with Gasteiger partial charge in [0, 0.05) is 0 Å². The fraction of sp³-hybridized carbons (Fsp3) is 0.182. The zero-order valence-corrected chi connectivity index (χ0v) is 8.48. The van der Waals surface area contributed by atoms with Gasteiger partial charge in [-0.25, -0.2) is 4.98 Å². The maximum atomic E-state index is 9.88. The molecule has 5 heteroatoms. The molecule has 2 rings (SSSR count). The van der Waals surface area contributed by atoms with Crippen molar-refractivity contribution < 1.29 is 5.11 Å². The summed E-state index contributed by atoms with van der Waals surface area (Å²) in [5.74, 6) is 0. The van der Waals surface area contributed by atoms with Crippen LogP contribution in [-0.2, 0) is 6.54 Å². The molecule has 0 saturated carbocycles. The number of nitriles is 1. The minimum Gasteiger partial charge on any atom is -0.386 e. The molecule has 1 N–H and O–H groups in total. The van der Waals surface area contributed by atoms with Crippen LogP contribution in [0.3, 0.4) is 0 Å². The van der Waals surface area contributed by atoms with Crippen molar-refractivity contribution >= 4 is 0 Å². The van der Waals surface area contributed by atoms with E-state index in [0.29, 0.717) is 12.1 Å². The lowest BCUT2D eigenvalue weighted by atomic mass is 10.1. The molecule has 1 aromatic heterocycles. The third-order valence-corrected chi connectivity index (χ3v) is 2.25. The smallest absolute Gasteiger partial charge is 0.137 e. The van der Waals surface area contributed by atoms with E-state index in [2.05, 4.69) is 10.1 Å². The quantitative estimate of drug-likeness (QED) is 0.823. The second kappa shape index (κ2) is 4.55. The predicted octanol–water partition coefficient (Wildman–Crippen LogP) is 0.883. The first-order valence-electron chi connectivity index (χ1n) is 4.80. The summed E-state index contributed by atoms with van der Waals surface area (Å²) in [5, 5.41) is 22.4. The van der Waals surface area contributed by atoms with E-state index in [4.69, 9.17) is 5.26 Å². The van der Waals surface area contributed by atoms with Crippen molar-refractivity contribution in [1.29, 1.82) is 5.26 Å². The van der Waals surface area contributed by atoms with Crippen LogP contribution in [0, 0.1) is 11.3 Å². The number of hydrogen-bond acceptors (Lipinski definition) is 4. The number of aliphatic hydroxyl groups excluding tert-OH is 1. The van der Waals surface area contributed by atoms with Crippen molar-refractivity contribution in [1.82, 2.24) is 14.8 Å². The van der Waals surface area contributed by atoms with Gasteiger partial charge >= 0.3 is 0 Å². The van der Waals surface area contributed by atoms with Crippen LogP contribution in [0.25, 0.3) is 0 Å². The van der Waals surface area contributed by atoms with Crippen LogP contribution in [0.15, 0.2) is 36.9 Å². The Kier molecular flexibility index (Phi) is 2.94. The van der Waals surface area contributed by atoms with Crippen LogP contribution >= 0.6 is 0 Å². The molecule has 0 amide bonds. The summed E-state index contributed by atoms with van der Waals surface area (Å²) >= 11 is 0. The maximum Gasteiger partial charge on any atom is 0.137 e. The van der Waals surface area contributed by atoms with Gasteiger partial charge in [-0.15, -0.1) is 0 Å². The van der Waals surface area contributed by atoms with Gasteiger partial charge in [-0.05, 0) is 17.7 Å². The molecule has 1 aromatic carbocycles. The first-order chi connectivity index (χ1) is 7.79. The summed E-state index contributed by atoms with van der Waals surface area (Å²) in [6, 6.07) is 8.86. The molecule has 1 unspecified atom stereocenters. The third-order valence-electron chi connectivity index (χ3n) is 2.25. The number of aliphatic hydroxyl groups is 1. The Bertz CT molecular complexity index is 484. The minimum absolute atomic E-state index is 0.353. The Morgan fingerprint density at radius 1 is 1.38 bits per heavy atom. The molecule has 1 heterocycles. The van der Waals surface area contributed by atoms with Crippen LogP contribution in [-0.4, -0.2) is 19.9 Å². The van der Waals surface area contributed by atoms with Gasteiger partial charge < -0.3 is 5.11 Å². The Hall–Kier alpha value is -2.19. The van der Waals surface area contributed by atoms with Crippen molar-refractivity contribution in [2.24, 2.45) is 0 Å². The van der Waals surface area contributed by atoms with Crippen molar-refractivity contribution in [2.75, 3.05) is 0 Å². The predicted molar refractivity (Wildman–Crippen MR) is 56.1 cm³/mol. The van der Waals surface area contributed by atoms with Crippen molar-refractivity contribution in [3.8, 4) is 6.07 Å². The topological polar surface area (TPSA) is 74.7 Å². The number of aromatic nitrogens is 3. The average molecular weight is 214 g/mol. The third kappa shape index (κ3) is 2.24. The fourth-order valence-corrected chi connectivity index (χ4v) is 1.39. The standard InChI is InChI=1S/C11H10N4O/c12-5-9-1-3-10(4-2-9)11(16)6-15-8-13-7-14-15/h1-4,7-8,11,16H,6H2. The molecule has 0 aliphatic heterocycles. The molecule has 0 aliphatic rings. The van der Waals surface area contributed by atoms with Gasteiger partial charge in [-0.3, -0.25) is 4.68 Å². The van der Waals surface area contributed by atoms with E-state index in [1.165, 1.54) is 6.33 Å². The molecule has 0 bridgehead atoms. The van der Waals surface area contributed by atoms with Gasteiger partial charge in [0.25, 0.3) is 0 Å². The molecule has 5 nitrogen and oxygen atoms in total. The Morgan fingerprint density at radius 3 is 2.69 bits per heavy atom. The van der Waals surface area contributed by atoms with E-state index >= 15 is 0 Å². The van der Waals surface area contributed by atoms with E-state index in [-0.39, 0.29) is 0 Å². The molecular formula is C11H10N4O. The first-order valence-corrected chi connectivity index (χ1v) is 4.80. The second-order valence-corrected chi connectivity index (χ2v) is 3.37. The molecule has 16 heavy (non-hydrogen) atoms. The molecule has 0 saturated heterocycles. The number of nitrogens with zero attached hydrogens (tertiary/aromatic N) is 4. The lowest BCUT2D eigenvalue weighted by Crippen LogP contribution is -2.08. The van der Waals surface area contributed by atoms with E-state index in [1.54, 1.807) is 35.3 Å². The lowest BCUT2D eigenvalue weighted by Gasteiger charge is -2.10. The van der Waals surface area contributed by atoms with Crippen LogP contribution in [0.5, 0.6) is 0 Å². The van der Waals surface area contributed by atoms with Crippen molar-refractivity contribution in [2.45, 2.75) is 12.6 Å². The molecule has 1 atom stereocenters. The molecule has 80 valence electrons. The molecule has 0 fully saturated rings. The number of hydrogen-bond donors (Lipinski definition) is 1. The summed E-state index contributed by atoms with van der Waals surface area (Å²) in [6.45, 7) is 0.353. The monoisotopic (exact) mass is 214 g/mol. The van der Waals surface area contributed by atoms with Crippen LogP contribution < -0.4 is 0 Å². The zero-order valence-electron chi connectivity index (χ0n) is 8.48. The molecule has 2 aromatic rings. The van der Waals surface area contributed by atoms with Crippen LogP contribution in [0.1, 0.15) is 17.2 Å². The number of rotatable bonds is 3. The fourth-order valence-electron chi connectivity index (χ4n) is 1.39. The summed E-state index contributed by atoms with van der Waals surface area (Å²) in [5.41, 5.74) is 1.34. The van der Waals surface area contributed by atoms with Crippen LogP contribution in [0.4, 0.5) is 0 Å². The minimum atomic E-state index is -0.644. The molecular weight excluding hydrogens is 204 g/mol. The molecule has 0 spiro atoms. The Balaban J connectivity index is 2.09. The highest BCUT2D eigenvalue weighted by molar-refractivity contribution is 5.32. The van der Waals surface area contributed by atoms with E-state index in [0.717, 1.165) is 5.56 Å². The second-order valence-electron chi connectivity index (χ2n) is 3.37. The highest BCUT2D eigenvalue weighted by Gasteiger charge is 2.08. The SMILES string of the molecule is N#Cc1ccc(C(O)Cn2cncn2)cc1. The van der Waals surface area contributed by atoms with Gasteiger partial charge in [0.1, 0.15) is 12.7 Å². The first kappa shape index (κ1) is 10.3. The highest BCUT2D eigenvalue weighted by atomic mass is 16.3. The Labute approximate surface area is 92.6 Å². The van der Waals surface area contributed by atoms with Gasteiger partial charge in [-0.2, -0.15) is 10.4 Å². The van der Waals surface area contributed by atoms with Gasteiger partial charge in [0.15, 0.2) is 0 Å². The van der Waals surface area contributed by atoms with E-state index in [9.17, 15) is 5.11 Å². The number of benzene rings is 1. The normalized spacial score (nSPS) is 12.0. The summed E-state index contributed by atoms with van der Waals surface area (Å²) in [7, 11) is 0. The van der Waals surface area contributed by atoms with Crippen molar-refractivity contribution in [3.05, 3.63) is 48.0 Å². The average Bonchev–Trinajstić information content (AvgIpc) is 2.82. The van der Waals surface area contributed by atoms with Gasteiger partial charge in [0.05, 0.1) is 24.3 Å². The Morgan fingerprint density at radius 2 is 2.12 bits per heavy atom. The highest BCUT2D eigenvalue weighted by Crippen LogP contribution is 2.14. The van der Waals surface area contributed by atoms with Crippen LogP contribution in [0.2, 0.25) is 0 Å². The summed E-state index contributed by atoms with van der Waals surface area (Å²) in [6.07, 6.45) is 2.33. The van der Waals surface area contributed by atoms with E-state index in [1.807, 2.05) is 6.07 Å². The van der Waals surface area contributed by atoms with E-state index < -0.39 is 6.10 Å². The molecule has 0 aliphatic carbocycles. The summed E-state index contributed by atoms with van der Waals surface area (Å²) < 4.78 is 1.56. The van der Waals surface area contributed by atoms with Crippen molar-refractivity contribution in [3.63, 3.8) is 0 Å². The summed E-state index contributed by atoms with van der Waals surface area (Å²) in [4.78, 5) is 3.79. The zero-order chi connectivity index (χ0) is 11.4. The van der Waals surface area contributed by atoms with Gasteiger partial charge in [-0.1, -0.05) is 12.1 Å². The maximum absolute atomic E-state index is 9.88. The molecule has 0 radical (unpaired) electrons. The lowest BCUT2D eigenvalue weighted by molar-refractivity contribution is 0.151.